The number of aliphatic hydroxyl groups is 5. The number of Topliss-reactive ketones (excluding diaryl/α,β-unsaturated/α-hetero) is 1. The molecule has 29 nitrogen and oxygen atoms in total. The largest absolute Gasteiger partial charge is 0.460 e. The minimum atomic E-state index is -2.54. The van der Waals surface area contributed by atoms with Crippen LogP contribution in [0.3, 0.4) is 0 Å². The second kappa shape index (κ2) is 33.4. The number of benzene rings is 3. The predicted molar refractivity (Wildman–Crippen MR) is 359 cm³/mol. The van der Waals surface area contributed by atoms with E-state index >= 15 is 4.79 Å². The molecule has 101 heavy (non-hydrogen) atoms. The second-order valence-electron chi connectivity index (χ2n) is 28.0. The summed E-state index contributed by atoms with van der Waals surface area (Å²) in [5, 5.41) is 74.2. The number of hydrogen-bond donors (Lipinski definition) is 12. The van der Waals surface area contributed by atoms with E-state index in [1.165, 1.54) is 56.9 Å². The number of carbonyl (C=O) groups excluding carboxylic acids is 11. The highest BCUT2D eigenvalue weighted by Gasteiger charge is 2.78. The topological polar surface area (TPSA) is 437 Å². The molecule has 2 bridgehead atoms. The molecule has 5 aliphatic rings. The van der Waals surface area contributed by atoms with Gasteiger partial charge in [0.15, 0.2) is 17.5 Å². The number of nitrogens with zero attached hydrogens (tertiary/aromatic N) is 1. The van der Waals surface area contributed by atoms with Crippen LogP contribution in [0.5, 0.6) is 0 Å². The normalized spacial score (nSPS) is 26.7. The number of rotatable bonds is 29. The lowest BCUT2D eigenvalue weighted by molar-refractivity contribution is -0.345. The molecule has 550 valence electrons. The van der Waals surface area contributed by atoms with Gasteiger partial charge in [0.25, 0.3) is 5.91 Å². The summed E-state index contributed by atoms with van der Waals surface area (Å²) < 4.78 is 31.1. The van der Waals surface area contributed by atoms with Crippen molar-refractivity contribution in [3.63, 3.8) is 0 Å². The number of ether oxygens (including phenoxy) is 5. The van der Waals surface area contributed by atoms with Crippen molar-refractivity contribution in [2.45, 2.75) is 191 Å². The molecule has 3 aliphatic carbocycles. The average Bonchev–Trinajstić information content (AvgIpc) is 0.797. The fourth-order valence-electron chi connectivity index (χ4n) is 14.7. The number of carbonyl (C=O) groups is 11. The summed E-state index contributed by atoms with van der Waals surface area (Å²) in [5.74, 6) is -11.9. The first-order chi connectivity index (χ1) is 47.8. The van der Waals surface area contributed by atoms with Crippen LogP contribution in [0.1, 0.15) is 145 Å². The van der Waals surface area contributed by atoms with Gasteiger partial charge >= 0.3 is 24.0 Å². The van der Waals surface area contributed by atoms with Crippen molar-refractivity contribution in [1.82, 2.24) is 36.8 Å². The Bertz CT molecular complexity index is 3540. The molecule has 3 aromatic rings. The van der Waals surface area contributed by atoms with Crippen LogP contribution < -0.4 is 37.6 Å². The third kappa shape index (κ3) is 17.1. The molecule has 2 heterocycles. The lowest BCUT2D eigenvalue weighted by Gasteiger charge is -2.67. The summed E-state index contributed by atoms with van der Waals surface area (Å²) >= 11 is 0. The van der Waals surface area contributed by atoms with E-state index < -0.39 is 198 Å². The van der Waals surface area contributed by atoms with E-state index in [1.54, 1.807) is 73.7 Å². The summed E-state index contributed by atoms with van der Waals surface area (Å²) in [7, 11) is 0. The third-order valence-corrected chi connectivity index (χ3v) is 20.4. The molecule has 0 spiro atoms. The van der Waals surface area contributed by atoms with Crippen molar-refractivity contribution in [3.05, 3.63) is 119 Å². The van der Waals surface area contributed by atoms with Crippen LogP contribution >= 0.6 is 0 Å². The molecule has 2 saturated carbocycles. The van der Waals surface area contributed by atoms with Crippen LogP contribution in [-0.2, 0) is 62.0 Å². The van der Waals surface area contributed by atoms with Crippen LogP contribution in [-0.4, -0.2) is 207 Å². The number of allylic oxidation sites excluding steroid dienone is 1. The standard InChI is InChI=1S/C72H96N8O21/c1-39(2)33-46(77-65(92)54(73)41(4)82)62(89)76-36-52(85)80-32-22-29-48(80)64(91)78-47(37-81)63(90)74-30-20-9-10-21-31-75-68(95)99-57-53-40(3)49(98-67(94)56(86)55(43-23-14-11-15-24-43)79-61(88)44-25-16-12-17-26-44)35-72(96,69(53,6)7)60(100-66(93)45-27-18-13-19-28-45)58-70(8,59(57)87)50(84)34-51-71(58,38-97-51)101-42(5)83/h11-19,23-28,39-41,46-51,54-56,58,60,81-82,84,86,96H,9-10,20-22,29-38,73H2,1-8H3,(H,74,90)(H,75,95)(H,76,89)(H,77,92)(H,78,91)(H,79,88)/t40?,41?,46?,47?,48?,49-,50-,51+,54?,55-,56+,58-,60-,70+,71-,72+/m0/s1. The number of unbranched alkanes of at least 4 members (excludes halogenated alkanes) is 3. The summed E-state index contributed by atoms with van der Waals surface area (Å²) in [4.78, 5) is 154. The Kier molecular flexibility index (Phi) is 25.8. The summed E-state index contributed by atoms with van der Waals surface area (Å²) in [6.07, 6.45) is -9.21. The van der Waals surface area contributed by atoms with Gasteiger partial charge in [-0.3, -0.25) is 38.4 Å². The molecule has 4 fully saturated rings. The van der Waals surface area contributed by atoms with Gasteiger partial charge in [0.05, 0.1) is 54.9 Å². The molecular weight excluding hydrogens is 1310 g/mol. The maximum absolute atomic E-state index is 16.2. The molecule has 13 N–H and O–H groups in total. The zero-order valence-corrected chi connectivity index (χ0v) is 58.1. The number of amides is 7. The number of nitrogens with two attached hydrogens (primary N) is 1. The summed E-state index contributed by atoms with van der Waals surface area (Å²) in [6, 6.07) is 17.7. The number of fused-ring (bicyclic) bond motifs is 5. The van der Waals surface area contributed by atoms with Crippen molar-refractivity contribution >= 4 is 65.2 Å². The lowest BCUT2D eigenvalue weighted by Crippen LogP contribution is -2.81. The molecular formula is C72H96N8O21. The zero-order chi connectivity index (χ0) is 73.9. The van der Waals surface area contributed by atoms with Crippen LogP contribution in [0, 0.1) is 28.6 Å². The third-order valence-electron chi connectivity index (χ3n) is 20.4. The van der Waals surface area contributed by atoms with E-state index in [0.717, 1.165) is 6.92 Å². The smallest absolute Gasteiger partial charge is 0.412 e. The average molecular weight is 1410 g/mol. The van der Waals surface area contributed by atoms with Gasteiger partial charge in [0, 0.05) is 56.3 Å². The van der Waals surface area contributed by atoms with Gasteiger partial charge in [-0.2, -0.15) is 0 Å². The Morgan fingerprint density at radius 2 is 1.37 bits per heavy atom. The minimum absolute atomic E-state index is 0.00849. The molecule has 8 rings (SSSR count). The van der Waals surface area contributed by atoms with E-state index in [-0.39, 0.29) is 61.5 Å². The Morgan fingerprint density at radius 3 is 1.95 bits per heavy atom. The first-order valence-electron chi connectivity index (χ1n) is 34.3. The quantitative estimate of drug-likeness (QED) is 0.0267. The number of likely N-dealkylation sites (tertiary alicyclic amines) is 1. The monoisotopic (exact) mass is 1410 g/mol. The fraction of sp³-hybridized carbons (Fsp3) is 0.569. The maximum Gasteiger partial charge on any atom is 0.412 e. The highest BCUT2D eigenvalue weighted by molar-refractivity contribution is 6.02. The number of hydrogen-bond acceptors (Lipinski definition) is 22. The molecule has 2 saturated heterocycles. The highest BCUT2D eigenvalue weighted by Crippen LogP contribution is 2.65. The SMILES string of the molecule is CC(=O)O[C@@]12CO[C@@H]1C[C@H](O)[C@@]1(C)C(=O)C(OC(=O)NCCCCCCNC(=O)C(CO)NC(=O)C3CCCN3C(=O)CNC(=O)C(CC(C)C)NC(=O)C(N)C(C)O)=C3C(C)[C@@H](OC(=O)[C@H](O)[C@@H](NC(=O)c4ccccc4)c4ccccc4)C[C@@](O)([C@@H](OC(=O)c4ccccc4)[C@H]21)C3(C)C. The minimum Gasteiger partial charge on any atom is -0.460 e. The van der Waals surface area contributed by atoms with Gasteiger partial charge in [-0.1, -0.05) is 114 Å². The second-order valence-corrected chi connectivity index (χ2v) is 28.0. The Balaban J connectivity index is 0.963. The molecule has 29 heteroatoms. The van der Waals surface area contributed by atoms with E-state index in [4.69, 9.17) is 29.4 Å². The predicted octanol–water partition coefficient (Wildman–Crippen LogP) is 1.60. The highest BCUT2D eigenvalue weighted by atomic mass is 16.6. The summed E-state index contributed by atoms with van der Waals surface area (Å²) in [5.41, 5.74) is -2.35. The van der Waals surface area contributed by atoms with Crippen molar-refractivity contribution in [1.29, 1.82) is 0 Å². The maximum atomic E-state index is 16.2. The van der Waals surface area contributed by atoms with E-state index in [0.29, 0.717) is 37.7 Å². The van der Waals surface area contributed by atoms with E-state index in [2.05, 4.69) is 31.9 Å². The first kappa shape index (κ1) is 78.0. The molecule has 3 aromatic carbocycles. The Hall–Kier alpha value is -8.71. The van der Waals surface area contributed by atoms with Crippen molar-refractivity contribution in [2.75, 3.05) is 39.4 Å². The van der Waals surface area contributed by atoms with Gasteiger partial charge in [0.1, 0.15) is 48.1 Å². The van der Waals surface area contributed by atoms with Crippen molar-refractivity contribution < 1.29 is 102 Å². The Morgan fingerprint density at radius 1 is 0.762 bits per heavy atom. The number of ketones is 1. The zero-order valence-electron chi connectivity index (χ0n) is 58.1. The van der Waals surface area contributed by atoms with Gasteiger partial charge in [-0.05, 0) is 87.3 Å². The lowest BCUT2D eigenvalue weighted by atomic mass is 9.45. The molecule has 7 amide bonds. The number of esters is 3. The van der Waals surface area contributed by atoms with E-state index in [1.807, 2.05) is 13.8 Å². The number of aliphatic hydroxyl groups excluding tert-OH is 4. The van der Waals surface area contributed by atoms with Crippen LogP contribution in [0.25, 0.3) is 0 Å². The van der Waals surface area contributed by atoms with E-state index in [9.17, 15) is 73.5 Å². The van der Waals surface area contributed by atoms with Crippen molar-refractivity contribution in [2.24, 2.45) is 34.3 Å². The molecule has 16 atom stereocenters. The van der Waals surface area contributed by atoms with Gasteiger partial charge < -0.3 is 91.8 Å². The van der Waals surface area contributed by atoms with Crippen LogP contribution in [0.4, 0.5) is 4.79 Å². The number of alkyl carbamates (subject to hydrolysis) is 1. The molecule has 2 aliphatic heterocycles. The van der Waals surface area contributed by atoms with Gasteiger partial charge in [-0.15, -0.1) is 0 Å². The first-order valence-corrected chi connectivity index (χ1v) is 34.3. The Labute approximate surface area is 585 Å². The molecule has 6 unspecified atom stereocenters. The summed E-state index contributed by atoms with van der Waals surface area (Å²) in [6.45, 7) is 10.6. The van der Waals surface area contributed by atoms with Gasteiger partial charge in [0.2, 0.25) is 35.3 Å². The molecule has 0 radical (unpaired) electrons. The molecule has 0 aromatic heterocycles. The van der Waals surface area contributed by atoms with Crippen LogP contribution in [0.15, 0.2) is 102 Å². The number of nitrogens with one attached hydrogen (secondary N) is 6. The van der Waals surface area contributed by atoms with Gasteiger partial charge in [-0.25, -0.2) is 14.4 Å². The fourth-order valence-corrected chi connectivity index (χ4v) is 14.7. The van der Waals surface area contributed by atoms with Crippen LogP contribution in [0.2, 0.25) is 0 Å². The van der Waals surface area contributed by atoms with Crippen molar-refractivity contribution in [3.8, 4) is 0 Å².